The summed E-state index contributed by atoms with van der Waals surface area (Å²) < 4.78 is 0. The predicted octanol–water partition coefficient (Wildman–Crippen LogP) is 3.17. The summed E-state index contributed by atoms with van der Waals surface area (Å²) in [6, 6.07) is 8.81. The molecule has 2 aliphatic heterocycles. The molecule has 1 aromatic heterocycles. The van der Waals surface area contributed by atoms with Crippen molar-refractivity contribution in [3.05, 3.63) is 29.8 Å². The molecule has 1 unspecified atom stereocenters. The van der Waals surface area contributed by atoms with Crippen LogP contribution in [0.25, 0.3) is 10.9 Å². The number of benzene rings is 1. The van der Waals surface area contributed by atoms with Crippen LogP contribution in [-0.4, -0.2) is 60.3 Å². The van der Waals surface area contributed by atoms with E-state index in [1.165, 1.54) is 60.8 Å². The van der Waals surface area contributed by atoms with Gasteiger partial charge in [0.2, 0.25) is 0 Å². The second kappa shape index (κ2) is 5.59. The third-order valence-corrected chi connectivity index (χ3v) is 6.35. The zero-order chi connectivity index (χ0) is 15.2. The lowest BCUT2D eigenvalue weighted by atomic mass is 9.79. The molecule has 0 amide bonds. The van der Waals surface area contributed by atoms with Crippen molar-refractivity contribution in [3.63, 3.8) is 0 Å². The lowest BCUT2D eigenvalue weighted by Gasteiger charge is -2.41. The number of rotatable bonds is 2. The van der Waals surface area contributed by atoms with Crippen molar-refractivity contribution in [1.82, 2.24) is 14.8 Å². The Morgan fingerprint density at radius 2 is 1.95 bits per heavy atom. The van der Waals surface area contributed by atoms with Gasteiger partial charge in [-0.05, 0) is 25.1 Å². The molecular weight excluding hydrogens is 290 g/mol. The Labute approximate surface area is 137 Å². The van der Waals surface area contributed by atoms with Gasteiger partial charge in [0.25, 0.3) is 0 Å². The number of nitrogens with zero attached hydrogens (tertiary/aromatic N) is 2. The Morgan fingerprint density at radius 1 is 1.18 bits per heavy atom. The molecule has 0 spiro atoms. The quantitative estimate of drug-likeness (QED) is 0.920. The molecule has 22 heavy (non-hydrogen) atoms. The third-order valence-electron chi connectivity index (χ3n) is 5.34. The number of nitrogens with one attached hydrogen (secondary N) is 1. The summed E-state index contributed by atoms with van der Waals surface area (Å²) in [5.41, 5.74) is 3.14. The first kappa shape index (κ1) is 14.6. The van der Waals surface area contributed by atoms with Crippen molar-refractivity contribution in [1.29, 1.82) is 0 Å². The van der Waals surface area contributed by atoms with Crippen LogP contribution in [-0.2, 0) is 5.41 Å². The second-order valence-corrected chi connectivity index (χ2v) is 8.22. The summed E-state index contributed by atoms with van der Waals surface area (Å²) in [6.45, 7) is 8.48. The first-order valence-corrected chi connectivity index (χ1v) is 9.29. The highest BCUT2D eigenvalue weighted by atomic mass is 32.2. The van der Waals surface area contributed by atoms with Crippen LogP contribution in [0, 0.1) is 0 Å². The maximum atomic E-state index is 3.65. The molecule has 4 rings (SSSR count). The van der Waals surface area contributed by atoms with Gasteiger partial charge in [0.1, 0.15) is 0 Å². The Kier molecular flexibility index (Phi) is 3.71. The Balaban J connectivity index is 1.68. The first-order chi connectivity index (χ1) is 10.7. The van der Waals surface area contributed by atoms with Crippen LogP contribution in [0.5, 0.6) is 0 Å². The van der Waals surface area contributed by atoms with E-state index in [1.54, 1.807) is 5.56 Å². The lowest BCUT2D eigenvalue weighted by molar-refractivity contribution is 0.127. The highest BCUT2D eigenvalue weighted by molar-refractivity contribution is 7.99. The number of para-hydroxylation sites is 1. The minimum atomic E-state index is 0.274. The van der Waals surface area contributed by atoms with Crippen molar-refractivity contribution in [3.8, 4) is 0 Å². The van der Waals surface area contributed by atoms with E-state index in [2.05, 4.69) is 53.0 Å². The maximum absolute atomic E-state index is 3.65. The standard InChI is InChI=1S/C18H25N3S/c1-18(13-21-10-8-20(2)9-11-21)7-12-22-17-16(18)14-5-3-4-6-15(14)19-17/h3-6,19H,7-13H2,1-2H3. The van der Waals surface area contributed by atoms with E-state index in [0.717, 1.165) is 0 Å². The van der Waals surface area contributed by atoms with Crippen molar-refractivity contribution in [2.45, 2.75) is 23.8 Å². The molecule has 3 nitrogen and oxygen atoms in total. The minimum Gasteiger partial charge on any atom is -0.349 e. The highest BCUT2D eigenvalue weighted by Gasteiger charge is 2.37. The summed E-state index contributed by atoms with van der Waals surface area (Å²) in [5, 5.41) is 2.84. The summed E-state index contributed by atoms with van der Waals surface area (Å²) in [7, 11) is 2.23. The molecule has 118 valence electrons. The van der Waals surface area contributed by atoms with E-state index in [-0.39, 0.29) is 5.41 Å². The van der Waals surface area contributed by atoms with Gasteiger partial charge in [-0.2, -0.15) is 0 Å². The molecule has 1 fully saturated rings. The van der Waals surface area contributed by atoms with Crippen LogP contribution in [0.15, 0.2) is 29.3 Å². The van der Waals surface area contributed by atoms with Gasteiger partial charge < -0.3 is 9.88 Å². The molecule has 2 aliphatic rings. The normalized spacial score (nSPS) is 27.2. The number of aromatic nitrogens is 1. The fourth-order valence-electron chi connectivity index (χ4n) is 3.99. The van der Waals surface area contributed by atoms with Gasteiger partial charge in [-0.15, -0.1) is 11.8 Å². The minimum absolute atomic E-state index is 0.274. The smallest absolute Gasteiger partial charge is 0.0771 e. The highest BCUT2D eigenvalue weighted by Crippen LogP contribution is 2.45. The fraction of sp³-hybridized carbons (Fsp3) is 0.556. The summed E-state index contributed by atoms with van der Waals surface area (Å²) >= 11 is 2.00. The van der Waals surface area contributed by atoms with E-state index in [0.29, 0.717) is 0 Å². The van der Waals surface area contributed by atoms with Gasteiger partial charge in [-0.25, -0.2) is 0 Å². The maximum Gasteiger partial charge on any atom is 0.0771 e. The number of aromatic amines is 1. The summed E-state index contributed by atoms with van der Waals surface area (Å²) in [6.07, 6.45) is 1.28. The fourth-order valence-corrected chi connectivity index (χ4v) is 5.43. The number of piperazine rings is 1. The molecule has 1 aromatic carbocycles. The number of hydrogen-bond donors (Lipinski definition) is 1. The van der Waals surface area contributed by atoms with E-state index < -0.39 is 0 Å². The van der Waals surface area contributed by atoms with Gasteiger partial charge in [-0.3, -0.25) is 4.90 Å². The van der Waals surface area contributed by atoms with Crippen LogP contribution < -0.4 is 0 Å². The van der Waals surface area contributed by atoms with Crippen LogP contribution in [0.4, 0.5) is 0 Å². The molecular formula is C18H25N3S. The molecule has 0 bridgehead atoms. The van der Waals surface area contributed by atoms with E-state index in [4.69, 9.17) is 0 Å². The van der Waals surface area contributed by atoms with Crippen molar-refractivity contribution < 1.29 is 0 Å². The van der Waals surface area contributed by atoms with Crippen LogP contribution >= 0.6 is 11.8 Å². The van der Waals surface area contributed by atoms with Gasteiger partial charge in [0, 0.05) is 54.8 Å². The third kappa shape index (κ3) is 2.47. The monoisotopic (exact) mass is 315 g/mol. The van der Waals surface area contributed by atoms with Gasteiger partial charge >= 0.3 is 0 Å². The Morgan fingerprint density at radius 3 is 2.77 bits per heavy atom. The molecule has 1 saturated heterocycles. The molecule has 0 saturated carbocycles. The molecule has 0 radical (unpaired) electrons. The van der Waals surface area contributed by atoms with Crippen molar-refractivity contribution in [2.24, 2.45) is 0 Å². The number of fused-ring (bicyclic) bond motifs is 3. The topological polar surface area (TPSA) is 22.3 Å². The average molecular weight is 315 g/mol. The van der Waals surface area contributed by atoms with Crippen LogP contribution in [0.3, 0.4) is 0 Å². The van der Waals surface area contributed by atoms with Crippen LogP contribution in [0.1, 0.15) is 18.9 Å². The lowest BCUT2D eigenvalue weighted by Crippen LogP contribution is -2.49. The zero-order valence-corrected chi connectivity index (χ0v) is 14.4. The number of H-pyrrole nitrogens is 1. The van der Waals surface area contributed by atoms with Gasteiger partial charge in [0.15, 0.2) is 0 Å². The summed E-state index contributed by atoms with van der Waals surface area (Å²) in [4.78, 5) is 8.76. The van der Waals surface area contributed by atoms with E-state index >= 15 is 0 Å². The number of thioether (sulfide) groups is 1. The largest absolute Gasteiger partial charge is 0.349 e. The molecule has 1 N–H and O–H groups in total. The van der Waals surface area contributed by atoms with Gasteiger partial charge in [-0.1, -0.05) is 25.1 Å². The molecule has 4 heteroatoms. The molecule has 2 aromatic rings. The number of hydrogen-bond acceptors (Lipinski definition) is 3. The number of likely N-dealkylation sites (N-methyl/N-ethyl adjacent to an activating group) is 1. The SMILES string of the molecule is CN1CCN(CC2(C)CCSc3[nH]c4ccccc4c32)CC1. The predicted molar refractivity (Wildman–Crippen MR) is 94.9 cm³/mol. The molecule has 0 aliphatic carbocycles. The first-order valence-electron chi connectivity index (χ1n) is 8.31. The molecule has 3 heterocycles. The van der Waals surface area contributed by atoms with Crippen molar-refractivity contribution in [2.75, 3.05) is 45.5 Å². The van der Waals surface area contributed by atoms with Crippen molar-refractivity contribution >= 4 is 22.7 Å². The van der Waals surface area contributed by atoms with E-state index in [1.807, 2.05) is 11.8 Å². The van der Waals surface area contributed by atoms with E-state index in [9.17, 15) is 0 Å². The Bertz CT molecular complexity index is 672. The van der Waals surface area contributed by atoms with Gasteiger partial charge in [0.05, 0.1) is 5.03 Å². The Hall–Kier alpha value is -0.970. The second-order valence-electron chi connectivity index (χ2n) is 7.11. The summed E-state index contributed by atoms with van der Waals surface area (Å²) in [5.74, 6) is 1.23. The van der Waals surface area contributed by atoms with Crippen LogP contribution in [0.2, 0.25) is 0 Å². The molecule has 1 atom stereocenters. The average Bonchev–Trinajstić information content (AvgIpc) is 2.89. The zero-order valence-electron chi connectivity index (χ0n) is 13.6.